The average Bonchev–Trinajstić information content (AvgIpc) is 2.56. The van der Waals surface area contributed by atoms with Gasteiger partial charge in [-0.15, -0.1) is 0 Å². The summed E-state index contributed by atoms with van der Waals surface area (Å²) in [6.45, 7) is 0.297. The van der Waals surface area contributed by atoms with Crippen molar-refractivity contribution in [2.24, 2.45) is 0 Å². The van der Waals surface area contributed by atoms with E-state index in [0.717, 1.165) is 5.56 Å². The summed E-state index contributed by atoms with van der Waals surface area (Å²) in [6, 6.07) is 9.69. The van der Waals surface area contributed by atoms with Crippen molar-refractivity contribution in [3.63, 3.8) is 0 Å². The van der Waals surface area contributed by atoms with Gasteiger partial charge in [0.2, 0.25) is 5.91 Å². The predicted octanol–water partition coefficient (Wildman–Crippen LogP) is 3.36. The number of carbonyl (C=O) groups excluding carboxylic acids is 1. The Morgan fingerprint density at radius 1 is 1.17 bits per heavy atom. The first-order valence-corrected chi connectivity index (χ1v) is 7.33. The van der Waals surface area contributed by atoms with Crippen LogP contribution in [-0.4, -0.2) is 20.1 Å². The molecule has 0 fully saturated rings. The molecule has 0 unspecified atom stereocenters. The van der Waals surface area contributed by atoms with E-state index in [1.54, 1.807) is 32.4 Å². The highest BCUT2D eigenvalue weighted by atomic mass is 35.5. The number of hydrogen-bond donors (Lipinski definition) is 1. The molecule has 0 aromatic heterocycles. The molecule has 0 aliphatic rings. The summed E-state index contributed by atoms with van der Waals surface area (Å²) in [5.74, 6) is 0.391. The maximum absolute atomic E-state index is 13.7. The molecule has 0 saturated heterocycles. The van der Waals surface area contributed by atoms with Crippen molar-refractivity contribution in [1.29, 1.82) is 0 Å². The maximum atomic E-state index is 13.7. The zero-order valence-electron chi connectivity index (χ0n) is 12.9. The number of carbonyl (C=O) groups is 1. The monoisotopic (exact) mass is 337 g/mol. The number of methoxy groups -OCH3 is 2. The molecule has 0 aliphatic heterocycles. The molecule has 0 heterocycles. The Morgan fingerprint density at radius 2 is 1.91 bits per heavy atom. The molecule has 4 nitrogen and oxygen atoms in total. The van der Waals surface area contributed by atoms with Gasteiger partial charge in [-0.2, -0.15) is 0 Å². The average molecular weight is 338 g/mol. The molecule has 0 aliphatic carbocycles. The minimum atomic E-state index is -0.487. The zero-order valence-corrected chi connectivity index (χ0v) is 13.6. The maximum Gasteiger partial charge on any atom is 0.224 e. The first-order valence-electron chi connectivity index (χ1n) is 6.95. The van der Waals surface area contributed by atoms with Crippen LogP contribution >= 0.6 is 11.6 Å². The van der Waals surface area contributed by atoms with Gasteiger partial charge in [0, 0.05) is 17.1 Å². The van der Waals surface area contributed by atoms with Gasteiger partial charge in [0.05, 0.1) is 20.6 Å². The molecule has 23 heavy (non-hydrogen) atoms. The van der Waals surface area contributed by atoms with Gasteiger partial charge in [0.25, 0.3) is 0 Å². The Kier molecular flexibility index (Phi) is 5.82. The molecular formula is C17H17ClFNO3. The summed E-state index contributed by atoms with van der Waals surface area (Å²) < 4.78 is 24.0. The van der Waals surface area contributed by atoms with Crippen molar-refractivity contribution >= 4 is 17.5 Å². The third kappa shape index (κ3) is 4.36. The van der Waals surface area contributed by atoms with Crippen LogP contribution in [0.25, 0.3) is 0 Å². The van der Waals surface area contributed by atoms with Crippen LogP contribution in [-0.2, 0) is 17.8 Å². The van der Waals surface area contributed by atoms with Crippen LogP contribution in [0.15, 0.2) is 36.4 Å². The van der Waals surface area contributed by atoms with Crippen molar-refractivity contribution in [2.45, 2.75) is 13.0 Å². The van der Waals surface area contributed by atoms with E-state index in [0.29, 0.717) is 18.0 Å². The summed E-state index contributed by atoms with van der Waals surface area (Å²) in [5.41, 5.74) is 1.04. The van der Waals surface area contributed by atoms with Crippen molar-refractivity contribution in [2.75, 3.05) is 14.2 Å². The second-order valence-corrected chi connectivity index (χ2v) is 5.25. The molecule has 0 spiro atoms. The van der Waals surface area contributed by atoms with E-state index in [9.17, 15) is 9.18 Å². The fraction of sp³-hybridized carbons (Fsp3) is 0.235. The molecule has 2 aromatic carbocycles. The predicted molar refractivity (Wildman–Crippen MR) is 86.5 cm³/mol. The van der Waals surface area contributed by atoms with E-state index < -0.39 is 5.82 Å². The second-order valence-electron chi connectivity index (χ2n) is 4.84. The molecule has 122 valence electrons. The number of halogens is 2. The number of rotatable bonds is 6. The van der Waals surface area contributed by atoms with E-state index >= 15 is 0 Å². The highest BCUT2D eigenvalue weighted by Crippen LogP contribution is 2.27. The Labute approximate surface area is 139 Å². The second kappa shape index (κ2) is 7.83. The van der Waals surface area contributed by atoms with Crippen LogP contribution in [0.4, 0.5) is 4.39 Å². The molecule has 0 atom stereocenters. The van der Waals surface area contributed by atoms with Gasteiger partial charge in [0.1, 0.15) is 5.82 Å². The van der Waals surface area contributed by atoms with E-state index in [2.05, 4.69) is 5.32 Å². The van der Waals surface area contributed by atoms with Crippen LogP contribution in [0, 0.1) is 5.82 Å². The normalized spacial score (nSPS) is 10.3. The summed E-state index contributed by atoms with van der Waals surface area (Å²) in [5, 5.41) is 2.97. The fourth-order valence-electron chi connectivity index (χ4n) is 2.12. The Balaban J connectivity index is 1.99. The van der Waals surface area contributed by atoms with Gasteiger partial charge in [-0.05, 0) is 29.8 Å². The van der Waals surface area contributed by atoms with Crippen molar-refractivity contribution < 1.29 is 18.7 Å². The van der Waals surface area contributed by atoms with E-state index in [1.165, 1.54) is 12.1 Å². The topological polar surface area (TPSA) is 47.6 Å². The highest BCUT2D eigenvalue weighted by Gasteiger charge is 2.12. The molecule has 1 N–H and O–H groups in total. The highest BCUT2D eigenvalue weighted by molar-refractivity contribution is 6.31. The van der Waals surface area contributed by atoms with Gasteiger partial charge < -0.3 is 14.8 Å². The number of amides is 1. The molecule has 0 saturated carbocycles. The Morgan fingerprint density at radius 3 is 2.57 bits per heavy atom. The summed E-state index contributed by atoms with van der Waals surface area (Å²) in [7, 11) is 3.10. The zero-order chi connectivity index (χ0) is 16.8. The molecule has 1 amide bonds. The standard InChI is InChI=1S/C17H17ClFNO3/c1-22-15-7-6-11(8-16(15)23-2)10-20-17(21)9-12-13(18)4-3-5-14(12)19/h3-8H,9-10H2,1-2H3,(H,20,21). The molecule has 0 bridgehead atoms. The van der Waals surface area contributed by atoms with Crippen LogP contribution in [0.3, 0.4) is 0 Å². The van der Waals surface area contributed by atoms with E-state index in [-0.39, 0.29) is 22.9 Å². The van der Waals surface area contributed by atoms with Gasteiger partial charge in [-0.1, -0.05) is 23.7 Å². The minimum absolute atomic E-state index is 0.112. The van der Waals surface area contributed by atoms with Crippen LogP contribution in [0.2, 0.25) is 5.02 Å². The molecule has 2 aromatic rings. The van der Waals surface area contributed by atoms with E-state index in [1.807, 2.05) is 6.07 Å². The SMILES string of the molecule is COc1ccc(CNC(=O)Cc2c(F)cccc2Cl)cc1OC. The van der Waals surface area contributed by atoms with Gasteiger partial charge in [0.15, 0.2) is 11.5 Å². The quantitative estimate of drug-likeness (QED) is 0.879. The minimum Gasteiger partial charge on any atom is -0.493 e. The van der Waals surface area contributed by atoms with Crippen LogP contribution in [0.1, 0.15) is 11.1 Å². The first-order chi connectivity index (χ1) is 11.0. The lowest BCUT2D eigenvalue weighted by Gasteiger charge is -2.11. The van der Waals surface area contributed by atoms with Crippen molar-refractivity contribution in [3.05, 3.63) is 58.4 Å². The van der Waals surface area contributed by atoms with Crippen molar-refractivity contribution in [1.82, 2.24) is 5.32 Å². The molecular weight excluding hydrogens is 321 g/mol. The molecule has 6 heteroatoms. The van der Waals surface area contributed by atoms with Gasteiger partial charge in [-0.3, -0.25) is 4.79 Å². The first kappa shape index (κ1) is 17.1. The van der Waals surface area contributed by atoms with Gasteiger partial charge in [-0.25, -0.2) is 4.39 Å². The fourth-order valence-corrected chi connectivity index (χ4v) is 2.35. The number of nitrogens with one attached hydrogen (secondary N) is 1. The van der Waals surface area contributed by atoms with Gasteiger partial charge >= 0.3 is 0 Å². The van der Waals surface area contributed by atoms with Crippen molar-refractivity contribution in [3.8, 4) is 11.5 Å². The Bertz CT molecular complexity index is 686. The third-order valence-corrected chi connectivity index (χ3v) is 3.69. The lowest BCUT2D eigenvalue weighted by molar-refractivity contribution is -0.120. The number of benzene rings is 2. The number of hydrogen-bond acceptors (Lipinski definition) is 3. The summed E-state index contributed by atoms with van der Waals surface area (Å²) >= 11 is 5.91. The lowest BCUT2D eigenvalue weighted by atomic mass is 10.1. The summed E-state index contributed by atoms with van der Waals surface area (Å²) in [4.78, 5) is 12.0. The molecule has 0 radical (unpaired) electrons. The lowest BCUT2D eigenvalue weighted by Crippen LogP contribution is -2.25. The Hall–Kier alpha value is -2.27. The smallest absolute Gasteiger partial charge is 0.224 e. The largest absolute Gasteiger partial charge is 0.493 e. The van der Waals surface area contributed by atoms with Crippen LogP contribution < -0.4 is 14.8 Å². The van der Waals surface area contributed by atoms with Crippen LogP contribution in [0.5, 0.6) is 11.5 Å². The number of ether oxygens (including phenoxy) is 2. The van der Waals surface area contributed by atoms with E-state index in [4.69, 9.17) is 21.1 Å². The molecule has 2 rings (SSSR count). The third-order valence-electron chi connectivity index (χ3n) is 3.34. The summed E-state index contributed by atoms with van der Waals surface area (Å²) in [6.07, 6.45) is -0.112.